The lowest BCUT2D eigenvalue weighted by atomic mass is 9.89. The number of rotatable bonds is 6. The maximum absolute atomic E-state index is 12.6. The third-order valence-electron chi connectivity index (χ3n) is 5.72. The Balaban J connectivity index is 1.20. The summed E-state index contributed by atoms with van der Waals surface area (Å²) >= 11 is 7.42. The predicted octanol–water partition coefficient (Wildman–Crippen LogP) is 4.21. The van der Waals surface area contributed by atoms with Gasteiger partial charge in [-0.3, -0.25) is 9.69 Å². The van der Waals surface area contributed by atoms with Crippen molar-refractivity contribution in [2.24, 2.45) is 0 Å². The lowest BCUT2D eigenvalue weighted by molar-refractivity contribution is -0.130. The minimum Gasteiger partial charge on any atom is -0.416 e. The van der Waals surface area contributed by atoms with Crippen LogP contribution in [-0.2, 0) is 11.3 Å². The lowest BCUT2D eigenvalue weighted by Gasteiger charge is -2.34. The first-order valence-corrected chi connectivity index (χ1v) is 11.7. The second kappa shape index (κ2) is 9.96. The van der Waals surface area contributed by atoms with Gasteiger partial charge in [-0.15, -0.1) is 10.2 Å². The highest BCUT2D eigenvalue weighted by molar-refractivity contribution is 7.99. The molecule has 8 heteroatoms. The molecule has 1 aromatic carbocycles. The molecular formula is C21H27ClN4O2S. The van der Waals surface area contributed by atoms with Crippen LogP contribution < -0.4 is 0 Å². The van der Waals surface area contributed by atoms with E-state index in [9.17, 15) is 4.79 Å². The van der Waals surface area contributed by atoms with Gasteiger partial charge in [-0.05, 0) is 30.5 Å². The molecule has 29 heavy (non-hydrogen) atoms. The number of benzene rings is 1. The van der Waals surface area contributed by atoms with E-state index >= 15 is 0 Å². The molecule has 6 nitrogen and oxygen atoms in total. The molecule has 0 bridgehead atoms. The molecule has 156 valence electrons. The van der Waals surface area contributed by atoms with Crippen molar-refractivity contribution in [2.75, 3.05) is 31.9 Å². The van der Waals surface area contributed by atoms with Gasteiger partial charge in [-0.25, -0.2) is 0 Å². The molecule has 1 aromatic heterocycles. The predicted molar refractivity (Wildman–Crippen MR) is 114 cm³/mol. The molecule has 4 rings (SSSR count). The first-order chi connectivity index (χ1) is 14.2. The summed E-state index contributed by atoms with van der Waals surface area (Å²) in [5.41, 5.74) is 1.21. The van der Waals surface area contributed by atoms with E-state index in [2.05, 4.69) is 21.2 Å². The Labute approximate surface area is 181 Å². The van der Waals surface area contributed by atoms with Crippen LogP contribution in [0.15, 0.2) is 33.9 Å². The van der Waals surface area contributed by atoms with Crippen LogP contribution in [-0.4, -0.2) is 57.8 Å². The van der Waals surface area contributed by atoms with Crippen molar-refractivity contribution < 1.29 is 9.21 Å². The molecule has 2 fully saturated rings. The van der Waals surface area contributed by atoms with Crippen LogP contribution in [0.25, 0.3) is 0 Å². The molecule has 1 amide bonds. The number of carbonyl (C=O) groups is 1. The van der Waals surface area contributed by atoms with Gasteiger partial charge < -0.3 is 9.32 Å². The Morgan fingerprint density at radius 1 is 1.14 bits per heavy atom. The summed E-state index contributed by atoms with van der Waals surface area (Å²) in [4.78, 5) is 16.9. The molecule has 1 aliphatic carbocycles. The van der Waals surface area contributed by atoms with Crippen molar-refractivity contribution in [2.45, 2.75) is 49.8 Å². The van der Waals surface area contributed by atoms with E-state index in [1.54, 1.807) is 0 Å². The highest BCUT2D eigenvalue weighted by Gasteiger charge is 2.24. The molecule has 2 aromatic rings. The average Bonchev–Trinajstić information content (AvgIpc) is 3.22. The first-order valence-electron chi connectivity index (χ1n) is 10.4. The largest absolute Gasteiger partial charge is 0.416 e. The summed E-state index contributed by atoms with van der Waals surface area (Å²) in [5, 5.41) is 9.62. The fraction of sp³-hybridized carbons (Fsp3) is 0.571. The number of thioether (sulfide) groups is 1. The van der Waals surface area contributed by atoms with Crippen LogP contribution >= 0.6 is 23.4 Å². The Morgan fingerprint density at radius 2 is 1.93 bits per heavy atom. The number of aromatic nitrogens is 2. The van der Waals surface area contributed by atoms with E-state index in [0.717, 1.165) is 56.5 Å². The van der Waals surface area contributed by atoms with Gasteiger partial charge in [0.1, 0.15) is 0 Å². The summed E-state index contributed by atoms with van der Waals surface area (Å²) in [6, 6.07) is 7.96. The summed E-state index contributed by atoms with van der Waals surface area (Å²) in [7, 11) is 0. The van der Waals surface area contributed by atoms with E-state index in [1.165, 1.54) is 36.6 Å². The fourth-order valence-corrected chi connectivity index (χ4v) is 4.94. The molecule has 0 atom stereocenters. The minimum absolute atomic E-state index is 0.134. The highest BCUT2D eigenvalue weighted by Crippen LogP contribution is 2.33. The van der Waals surface area contributed by atoms with Crippen molar-refractivity contribution in [3.63, 3.8) is 0 Å². The van der Waals surface area contributed by atoms with Crippen molar-refractivity contribution in [1.29, 1.82) is 0 Å². The Kier molecular flexibility index (Phi) is 7.11. The van der Waals surface area contributed by atoms with Crippen LogP contribution in [0.5, 0.6) is 0 Å². The number of halogens is 1. The number of nitrogens with zero attached hydrogens (tertiary/aromatic N) is 4. The van der Waals surface area contributed by atoms with E-state index in [-0.39, 0.29) is 5.91 Å². The number of hydrogen-bond acceptors (Lipinski definition) is 6. The molecule has 2 heterocycles. The zero-order chi connectivity index (χ0) is 20.1. The van der Waals surface area contributed by atoms with E-state index in [0.29, 0.717) is 16.9 Å². The van der Waals surface area contributed by atoms with Gasteiger partial charge in [0.2, 0.25) is 11.8 Å². The fourth-order valence-electron chi connectivity index (χ4n) is 4.06. The van der Waals surface area contributed by atoms with Gasteiger partial charge in [0.15, 0.2) is 0 Å². The Bertz CT molecular complexity index is 817. The minimum atomic E-state index is 0.134. The zero-order valence-electron chi connectivity index (χ0n) is 16.6. The SMILES string of the molecule is O=C(CSc1nnc(C2CCCCC2)o1)N1CCN(Cc2cccc(Cl)c2)CC1. The molecule has 0 radical (unpaired) electrons. The average molecular weight is 435 g/mol. The van der Waals surface area contributed by atoms with Crippen molar-refractivity contribution in [3.8, 4) is 0 Å². The first kappa shape index (κ1) is 20.7. The molecule has 0 spiro atoms. The number of carbonyl (C=O) groups excluding carboxylic acids is 1. The summed E-state index contributed by atoms with van der Waals surface area (Å²) in [5.74, 6) is 1.62. The maximum atomic E-state index is 12.6. The van der Waals surface area contributed by atoms with Crippen molar-refractivity contribution in [3.05, 3.63) is 40.7 Å². The highest BCUT2D eigenvalue weighted by atomic mass is 35.5. The number of amides is 1. The van der Waals surface area contributed by atoms with Gasteiger partial charge >= 0.3 is 0 Å². The van der Waals surface area contributed by atoms with E-state index in [1.807, 2.05) is 23.1 Å². The lowest BCUT2D eigenvalue weighted by Crippen LogP contribution is -2.48. The number of piperazine rings is 1. The molecular weight excluding hydrogens is 408 g/mol. The van der Waals surface area contributed by atoms with Crippen molar-refractivity contribution in [1.82, 2.24) is 20.0 Å². The van der Waals surface area contributed by atoms with Crippen LogP contribution in [0, 0.1) is 0 Å². The molecule has 0 N–H and O–H groups in total. The maximum Gasteiger partial charge on any atom is 0.277 e. The van der Waals surface area contributed by atoms with E-state index in [4.69, 9.17) is 16.0 Å². The van der Waals surface area contributed by atoms with Gasteiger partial charge in [-0.2, -0.15) is 0 Å². The molecule has 1 saturated heterocycles. The normalized spacial score (nSPS) is 18.9. The third-order valence-corrected chi connectivity index (χ3v) is 6.75. The topological polar surface area (TPSA) is 62.5 Å². The summed E-state index contributed by atoms with van der Waals surface area (Å²) < 4.78 is 5.80. The van der Waals surface area contributed by atoms with E-state index < -0.39 is 0 Å². The molecule has 2 aliphatic rings. The Hall–Kier alpha value is -1.57. The summed E-state index contributed by atoms with van der Waals surface area (Å²) in [6.45, 7) is 4.10. The molecule has 0 unspecified atom stereocenters. The second-order valence-electron chi connectivity index (χ2n) is 7.82. The summed E-state index contributed by atoms with van der Waals surface area (Å²) in [6.07, 6.45) is 6.02. The van der Waals surface area contributed by atoms with Gasteiger partial charge in [0.05, 0.1) is 5.75 Å². The molecule has 1 aliphatic heterocycles. The second-order valence-corrected chi connectivity index (χ2v) is 9.18. The number of hydrogen-bond donors (Lipinski definition) is 0. The van der Waals surface area contributed by atoms with Crippen molar-refractivity contribution >= 4 is 29.3 Å². The zero-order valence-corrected chi connectivity index (χ0v) is 18.1. The third kappa shape index (κ3) is 5.74. The quantitative estimate of drug-likeness (QED) is 0.634. The monoisotopic (exact) mass is 434 g/mol. The van der Waals surface area contributed by atoms with Crippen LogP contribution in [0.2, 0.25) is 5.02 Å². The van der Waals surface area contributed by atoms with Crippen LogP contribution in [0.4, 0.5) is 0 Å². The Morgan fingerprint density at radius 3 is 2.69 bits per heavy atom. The van der Waals surface area contributed by atoms with Gasteiger partial charge in [-0.1, -0.05) is 54.8 Å². The van der Waals surface area contributed by atoms with Gasteiger partial charge in [0, 0.05) is 43.7 Å². The standard InChI is InChI=1S/C21H27ClN4O2S/c22-18-8-4-5-16(13-18)14-25-9-11-26(12-10-25)19(27)15-29-21-24-23-20(28-21)17-6-2-1-3-7-17/h4-5,8,13,17H,1-3,6-7,9-12,14-15H2. The smallest absolute Gasteiger partial charge is 0.277 e. The van der Waals surface area contributed by atoms with Crippen LogP contribution in [0.1, 0.15) is 49.5 Å². The molecule has 1 saturated carbocycles. The van der Waals surface area contributed by atoms with Gasteiger partial charge in [0.25, 0.3) is 5.22 Å². The van der Waals surface area contributed by atoms with Crippen LogP contribution in [0.3, 0.4) is 0 Å².